The lowest BCUT2D eigenvalue weighted by Gasteiger charge is -2.34. The van der Waals surface area contributed by atoms with Crippen LogP contribution in [0.25, 0.3) is 11.4 Å². The second-order valence-electron chi connectivity index (χ2n) is 7.01. The number of imidazole rings is 1. The van der Waals surface area contributed by atoms with Crippen LogP contribution >= 0.6 is 0 Å². The topological polar surface area (TPSA) is 58.4 Å². The van der Waals surface area contributed by atoms with Gasteiger partial charge >= 0.3 is 0 Å². The maximum Gasteiger partial charge on any atom is 0.243 e. The Hall–Kier alpha value is -2.55. The van der Waals surface area contributed by atoms with Crippen LogP contribution in [0.5, 0.6) is 0 Å². The number of hydrogen-bond donors (Lipinski definition) is 0. The third-order valence-corrected chi connectivity index (χ3v) is 7.10. The molecule has 0 aliphatic carbocycles. The molecule has 2 aromatic carbocycles. The maximum atomic E-state index is 13.1. The zero-order valence-electron chi connectivity index (χ0n) is 16.0. The van der Waals surface area contributed by atoms with E-state index in [1.807, 2.05) is 36.5 Å². The summed E-state index contributed by atoms with van der Waals surface area (Å²) >= 11 is 0. The van der Waals surface area contributed by atoms with Crippen LogP contribution in [0.15, 0.2) is 71.9 Å². The van der Waals surface area contributed by atoms with Gasteiger partial charge in [-0.3, -0.25) is 4.90 Å². The van der Waals surface area contributed by atoms with Crippen molar-refractivity contribution in [2.45, 2.75) is 11.4 Å². The largest absolute Gasteiger partial charge is 0.330 e. The van der Waals surface area contributed by atoms with Crippen molar-refractivity contribution in [1.82, 2.24) is 18.8 Å². The predicted octanol–water partition coefficient (Wildman–Crippen LogP) is 2.70. The molecule has 0 unspecified atom stereocenters. The molecule has 0 spiro atoms. The van der Waals surface area contributed by atoms with Crippen molar-refractivity contribution in [1.29, 1.82) is 0 Å². The first-order valence-electron chi connectivity index (χ1n) is 9.59. The molecule has 8 heteroatoms. The van der Waals surface area contributed by atoms with Gasteiger partial charge in [0.1, 0.15) is 11.6 Å². The van der Waals surface area contributed by atoms with Crippen molar-refractivity contribution in [3.05, 3.63) is 72.8 Å². The van der Waals surface area contributed by atoms with E-state index in [1.165, 1.54) is 28.6 Å². The SMILES string of the molecule is O=S(=O)(c1ccc(F)cc1)N1CCN(CCn2ccnc2-c2ccccc2)CC1. The lowest BCUT2D eigenvalue weighted by atomic mass is 10.2. The molecule has 1 aliphatic heterocycles. The van der Waals surface area contributed by atoms with Crippen LogP contribution in [-0.4, -0.2) is 59.9 Å². The number of halogens is 1. The van der Waals surface area contributed by atoms with Crippen molar-refractivity contribution >= 4 is 10.0 Å². The molecule has 0 saturated carbocycles. The molecule has 0 amide bonds. The van der Waals surface area contributed by atoms with Gasteiger partial charge in [0.15, 0.2) is 0 Å². The summed E-state index contributed by atoms with van der Waals surface area (Å²) in [5.74, 6) is 0.492. The first-order chi connectivity index (χ1) is 14.0. The van der Waals surface area contributed by atoms with E-state index in [0.29, 0.717) is 26.2 Å². The van der Waals surface area contributed by atoms with Gasteiger partial charge in [-0.15, -0.1) is 0 Å². The quantitative estimate of drug-likeness (QED) is 0.622. The van der Waals surface area contributed by atoms with E-state index in [2.05, 4.69) is 14.5 Å². The summed E-state index contributed by atoms with van der Waals surface area (Å²) in [6.45, 7) is 3.78. The highest BCUT2D eigenvalue weighted by molar-refractivity contribution is 7.89. The molecule has 4 rings (SSSR count). The van der Waals surface area contributed by atoms with Gasteiger partial charge in [-0.1, -0.05) is 30.3 Å². The summed E-state index contributed by atoms with van der Waals surface area (Å²) in [5.41, 5.74) is 1.08. The summed E-state index contributed by atoms with van der Waals surface area (Å²) in [6.07, 6.45) is 3.77. The summed E-state index contributed by atoms with van der Waals surface area (Å²) in [7, 11) is -3.58. The number of aromatic nitrogens is 2. The molecule has 2 heterocycles. The molecule has 6 nitrogen and oxygen atoms in total. The van der Waals surface area contributed by atoms with Crippen molar-refractivity contribution in [2.75, 3.05) is 32.7 Å². The average molecular weight is 415 g/mol. The zero-order valence-corrected chi connectivity index (χ0v) is 16.8. The minimum absolute atomic E-state index is 0.137. The van der Waals surface area contributed by atoms with Crippen LogP contribution < -0.4 is 0 Å². The van der Waals surface area contributed by atoms with E-state index >= 15 is 0 Å². The lowest BCUT2D eigenvalue weighted by molar-refractivity contribution is 0.183. The monoisotopic (exact) mass is 414 g/mol. The van der Waals surface area contributed by atoms with Gasteiger partial charge in [0.2, 0.25) is 10.0 Å². The Morgan fingerprint density at radius 1 is 0.897 bits per heavy atom. The van der Waals surface area contributed by atoms with E-state index in [9.17, 15) is 12.8 Å². The van der Waals surface area contributed by atoms with Crippen LogP contribution in [0.2, 0.25) is 0 Å². The fourth-order valence-electron chi connectivity index (χ4n) is 3.54. The molecule has 1 aromatic heterocycles. The van der Waals surface area contributed by atoms with Crippen molar-refractivity contribution in [3.8, 4) is 11.4 Å². The molecule has 1 fully saturated rings. The Kier molecular flexibility index (Phi) is 5.75. The van der Waals surface area contributed by atoms with Gasteiger partial charge in [0.05, 0.1) is 4.90 Å². The highest BCUT2D eigenvalue weighted by Gasteiger charge is 2.28. The molecule has 29 heavy (non-hydrogen) atoms. The first-order valence-corrected chi connectivity index (χ1v) is 11.0. The minimum Gasteiger partial charge on any atom is -0.330 e. The Morgan fingerprint density at radius 3 is 2.28 bits per heavy atom. The summed E-state index contributed by atoms with van der Waals surface area (Å²) in [6, 6.07) is 15.1. The molecule has 3 aromatic rings. The van der Waals surface area contributed by atoms with E-state index in [1.54, 1.807) is 6.20 Å². The molecular formula is C21H23FN4O2S. The zero-order chi connectivity index (χ0) is 20.3. The molecule has 0 radical (unpaired) electrons. The third-order valence-electron chi connectivity index (χ3n) is 5.19. The van der Waals surface area contributed by atoms with Gasteiger partial charge in [-0.25, -0.2) is 17.8 Å². The molecule has 0 bridgehead atoms. The maximum absolute atomic E-state index is 13.1. The number of nitrogens with zero attached hydrogens (tertiary/aromatic N) is 4. The Balaban J connectivity index is 1.34. The third kappa shape index (κ3) is 4.39. The van der Waals surface area contributed by atoms with Crippen molar-refractivity contribution in [2.24, 2.45) is 0 Å². The van der Waals surface area contributed by atoms with Gasteiger partial charge in [0, 0.05) is 57.2 Å². The average Bonchev–Trinajstić information content (AvgIpc) is 3.22. The Morgan fingerprint density at radius 2 is 1.59 bits per heavy atom. The number of sulfonamides is 1. The Labute approximate surface area is 170 Å². The molecule has 1 aliphatic rings. The van der Waals surface area contributed by atoms with E-state index in [-0.39, 0.29) is 4.90 Å². The van der Waals surface area contributed by atoms with Gasteiger partial charge in [0.25, 0.3) is 0 Å². The number of rotatable bonds is 6. The minimum atomic E-state index is -3.58. The predicted molar refractivity (Wildman–Crippen MR) is 109 cm³/mol. The van der Waals surface area contributed by atoms with E-state index < -0.39 is 15.8 Å². The van der Waals surface area contributed by atoms with Crippen LogP contribution in [0, 0.1) is 5.82 Å². The summed E-state index contributed by atoms with van der Waals surface area (Å²) in [4.78, 5) is 6.86. The summed E-state index contributed by atoms with van der Waals surface area (Å²) < 4.78 is 42.1. The van der Waals surface area contributed by atoms with Crippen LogP contribution in [0.1, 0.15) is 0 Å². The van der Waals surface area contributed by atoms with E-state index in [4.69, 9.17) is 0 Å². The molecule has 0 N–H and O–H groups in total. The molecule has 0 atom stereocenters. The van der Waals surface area contributed by atoms with Crippen LogP contribution in [-0.2, 0) is 16.6 Å². The van der Waals surface area contributed by atoms with Crippen LogP contribution in [0.3, 0.4) is 0 Å². The second kappa shape index (κ2) is 8.44. The summed E-state index contributed by atoms with van der Waals surface area (Å²) in [5, 5.41) is 0. The smallest absolute Gasteiger partial charge is 0.243 e. The fourth-order valence-corrected chi connectivity index (χ4v) is 4.96. The lowest BCUT2D eigenvalue weighted by Crippen LogP contribution is -2.49. The van der Waals surface area contributed by atoms with Gasteiger partial charge in [-0.05, 0) is 24.3 Å². The molecular weight excluding hydrogens is 391 g/mol. The second-order valence-corrected chi connectivity index (χ2v) is 8.95. The van der Waals surface area contributed by atoms with Gasteiger partial charge < -0.3 is 4.57 Å². The number of benzene rings is 2. The molecule has 1 saturated heterocycles. The van der Waals surface area contributed by atoms with Gasteiger partial charge in [-0.2, -0.15) is 4.31 Å². The number of hydrogen-bond acceptors (Lipinski definition) is 4. The van der Waals surface area contributed by atoms with Crippen molar-refractivity contribution < 1.29 is 12.8 Å². The standard InChI is InChI=1S/C21H23FN4O2S/c22-19-6-8-20(9-7-19)29(27,28)26-16-13-24(14-17-26)12-15-25-11-10-23-21(25)18-4-2-1-3-5-18/h1-11H,12-17H2. The molecule has 152 valence electrons. The van der Waals surface area contributed by atoms with Crippen LogP contribution in [0.4, 0.5) is 4.39 Å². The van der Waals surface area contributed by atoms with Crippen molar-refractivity contribution in [3.63, 3.8) is 0 Å². The Bertz CT molecular complexity index is 1040. The number of piperazine rings is 1. The van der Waals surface area contributed by atoms with E-state index in [0.717, 1.165) is 24.5 Å². The fraction of sp³-hybridized carbons (Fsp3) is 0.286. The highest BCUT2D eigenvalue weighted by Crippen LogP contribution is 2.19. The normalized spacial score (nSPS) is 16.2. The first kappa shape index (κ1) is 19.8. The highest BCUT2D eigenvalue weighted by atomic mass is 32.2.